The Morgan fingerprint density at radius 1 is 1.00 bits per heavy atom. The number of rotatable bonds is 5. The maximum absolute atomic E-state index is 10.9. The molecular weight excluding hydrogens is 188 g/mol. The lowest BCUT2D eigenvalue weighted by atomic mass is 10.3. The topological polar surface area (TPSA) is 98.7 Å². The molecule has 0 bridgehead atoms. The van der Waals surface area contributed by atoms with Crippen LogP contribution >= 0.6 is 0 Å². The Balaban J connectivity index is 3.61. The van der Waals surface area contributed by atoms with Gasteiger partial charge in [-0.15, -0.1) is 0 Å². The van der Waals surface area contributed by atoms with E-state index in [9.17, 15) is 9.59 Å². The van der Waals surface area contributed by atoms with E-state index in [1.807, 2.05) is 0 Å². The van der Waals surface area contributed by atoms with Crippen LogP contribution in [0.1, 0.15) is 26.7 Å². The van der Waals surface area contributed by atoms with Crippen LogP contribution in [0.5, 0.6) is 0 Å². The summed E-state index contributed by atoms with van der Waals surface area (Å²) < 4.78 is 0. The summed E-state index contributed by atoms with van der Waals surface area (Å²) in [5.74, 6) is -0.804. The molecule has 82 valence electrons. The predicted molar refractivity (Wildman–Crippen MR) is 48.9 cm³/mol. The van der Waals surface area contributed by atoms with Crippen LogP contribution in [0.15, 0.2) is 0 Å². The van der Waals surface area contributed by atoms with Gasteiger partial charge in [0, 0.05) is 12.8 Å². The first kappa shape index (κ1) is 12.9. The minimum Gasteiger partial charge on any atom is -0.374 e. The van der Waals surface area contributed by atoms with E-state index >= 15 is 0 Å². The number of hydrogen-bond donors (Lipinski definition) is 4. The lowest BCUT2D eigenvalue weighted by Gasteiger charge is -2.08. The molecule has 0 aliphatic rings. The Kier molecular flexibility index (Phi) is 5.82. The highest BCUT2D eigenvalue weighted by atomic mass is 16.3. The highest BCUT2D eigenvalue weighted by Crippen LogP contribution is 1.90. The summed E-state index contributed by atoms with van der Waals surface area (Å²) in [5.41, 5.74) is 0. The number of hydrogen-bond acceptors (Lipinski definition) is 4. The molecule has 6 nitrogen and oxygen atoms in total. The molecule has 2 amide bonds. The first-order valence-electron chi connectivity index (χ1n) is 4.36. The van der Waals surface area contributed by atoms with Gasteiger partial charge in [0.2, 0.25) is 11.8 Å². The summed E-state index contributed by atoms with van der Waals surface area (Å²) in [6.45, 7) is 2.82. The van der Waals surface area contributed by atoms with Crippen LogP contribution in [-0.4, -0.2) is 34.5 Å². The molecule has 0 aliphatic heterocycles. The van der Waals surface area contributed by atoms with E-state index < -0.39 is 24.3 Å². The van der Waals surface area contributed by atoms with Crippen molar-refractivity contribution in [2.24, 2.45) is 0 Å². The second-order valence-electron chi connectivity index (χ2n) is 2.99. The molecule has 0 fully saturated rings. The molecule has 0 saturated heterocycles. The Bertz CT molecular complexity index is 182. The van der Waals surface area contributed by atoms with Gasteiger partial charge >= 0.3 is 0 Å². The Morgan fingerprint density at radius 3 is 1.50 bits per heavy atom. The zero-order valence-corrected chi connectivity index (χ0v) is 8.28. The normalized spacial score (nSPS) is 14.3. The minimum absolute atomic E-state index is 0.0105. The molecule has 0 rings (SSSR count). The maximum atomic E-state index is 10.9. The van der Waals surface area contributed by atoms with Crippen LogP contribution in [0.3, 0.4) is 0 Å². The molecule has 0 aromatic heterocycles. The van der Waals surface area contributed by atoms with E-state index in [-0.39, 0.29) is 12.8 Å². The van der Waals surface area contributed by atoms with Crippen molar-refractivity contribution in [2.75, 3.05) is 0 Å². The highest BCUT2D eigenvalue weighted by molar-refractivity contribution is 5.83. The third kappa shape index (κ3) is 7.51. The van der Waals surface area contributed by atoms with Crippen LogP contribution in [0, 0.1) is 0 Å². The molecule has 0 aliphatic carbocycles. The van der Waals surface area contributed by atoms with Crippen LogP contribution in [0.25, 0.3) is 0 Å². The summed E-state index contributed by atoms with van der Waals surface area (Å²) in [4.78, 5) is 21.9. The molecule has 0 heterocycles. The number of aliphatic hydroxyl groups is 2. The van der Waals surface area contributed by atoms with Crippen LogP contribution < -0.4 is 10.6 Å². The zero-order valence-electron chi connectivity index (χ0n) is 8.28. The molecule has 2 atom stereocenters. The fourth-order valence-corrected chi connectivity index (χ4v) is 0.837. The molecule has 0 aromatic carbocycles. The van der Waals surface area contributed by atoms with E-state index in [0.717, 1.165) is 0 Å². The van der Waals surface area contributed by atoms with E-state index in [1.54, 1.807) is 0 Å². The fourth-order valence-electron chi connectivity index (χ4n) is 0.837. The average Bonchev–Trinajstić information content (AvgIpc) is 1.98. The summed E-state index contributed by atoms with van der Waals surface area (Å²) in [7, 11) is 0. The largest absolute Gasteiger partial charge is 0.374 e. The molecule has 2 unspecified atom stereocenters. The van der Waals surface area contributed by atoms with Gasteiger partial charge in [-0.25, -0.2) is 0 Å². The lowest BCUT2D eigenvalue weighted by molar-refractivity contribution is -0.129. The van der Waals surface area contributed by atoms with Gasteiger partial charge in [-0.1, -0.05) is 0 Å². The molecule has 6 heteroatoms. The van der Waals surface area contributed by atoms with Gasteiger partial charge in [0.25, 0.3) is 0 Å². The Labute approximate surface area is 82.3 Å². The Hall–Kier alpha value is -1.14. The average molecular weight is 204 g/mol. The van der Waals surface area contributed by atoms with Gasteiger partial charge in [0.1, 0.15) is 12.5 Å². The third-order valence-corrected chi connectivity index (χ3v) is 1.32. The summed E-state index contributed by atoms with van der Waals surface area (Å²) in [5, 5.41) is 22.0. The van der Waals surface area contributed by atoms with Crippen molar-refractivity contribution < 1.29 is 19.8 Å². The number of carbonyl (C=O) groups excluding carboxylic acids is 2. The van der Waals surface area contributed by atoms with Crippen molar-refractivity contribution in [2.45, 2.75) is 39.1 Å². The maximum Gasteiger partial charge on any atom is 0.222 e. The standard InChI is InChI=1S/C8H16N2O4/c1-5(11)9-7(13)3-4-8(14)10-6(2)12/h5-6,11-12H,3-4H2,1-2H3,(H,9,13)(H,10,14). The van der Waals surface area contributed by atoms with Crippen LogP contribution in [0.2, 0.25) is 0 Å². The molecule has 0 saturated carbocycles. The van der Waals surface area contributed by atoms with Crippen molar-refractivity contribution in [3.63, 3.8) is 0 Å². The van der Waals surface area contributed by atoms with E-state index in [4.69, 9.17) is 10.2 Å². The molecule has 14 heavy (non-hydrogen) atoms. The van der Waals surface area contributed by atoms with E-state index in [0.29, 0.717) is 0 Å². The van der Waals surface area contributed by atoms with Crippen molar-refractivity contribution in [1.29, 1.82) is 0 Å². The van der Waals surface area contributed by atoms with Crippen molar-refractivity contribution >= 4 is 11.8 Å². The summed E-state index contributed by atoms with van der Waals surface area (Å²) >= 11 is 0. The molecule has 0 spiro atoms. The summed E-state index contributed by atoms with van der Waals surface area (Å²) in [6.07, 6.45) is -1.85. The number of carbonyl (C=O) groups is 2. The van der Waals surface area contributed by atoms with Crippen molar-refractivity contribution in [1.82, 2.24) is 10.6 Å². The highest BCUT2D eigenvalue weighted by Gasteiger charge is 2.08. The van der Waals surface area contributed by atoms with Crippen molar-refractivity contribution in [3.8, 4) is 0 Å². The lowest BCUT2D eigenvalue weighted by Crippen LogP contribution is -2.35. The predicted octanol–water partition coefficient (Wildman–Crippen LogP) is -1.32. The number of aliphatic hydroxyl groups excluding tert-OH is 2. The molecule has 0 radical (unpaired) electrons. The monoisotopic (exact) mass is 204 g/mol. The SMILES string of the molecule is CC(O)NC(=O)CCC(=O)NC(C)O. The quantitative estimate of drug-likeness (QED) is 0.417. The van der Waals surface area contributed by atoms with Crippen LogP contribution in [0.4, 0.5) is 0 Å². The third-order valence-electron chi connectivity index (χ3n) is 1.32. The minimum atomic E-state index is -0.915. The van der Waals surface area contributed by atoms with Crippen molar-refractivity contribution in [3.05, 3.63) is 0 Å². The molecular formula is C8H16N2O4. The first-order chi connectivity index (χ1) is 6.41. The Morgan fingerprint density at radius 2 is 1.29 bits per heavy atom. The van der Waals surface area contributed by atoms with Gasteiger partial charge < -0.3 is 20.8 Å². The van der Waals surface area contributed by atoms with E-state index in [2.05, 4.69) is 10.6 Å². The van der Waals surface area contributed by atoms with Gasteiger partial charge in [0.05, 0.1) is 0 Å². The first-order valence-corrected chi connectivity index (χ1v) is 4.36. The van der Waals surface area contributed by atoms with Crippen LogP contribution in [-0.2, 0) is 9.59 Å². The van der Waals surface area contributed by atoms with Gasteiger partial charge in [-0.05, 0) is 13.8 Å². The van der Waals surface area contributed by atoms with Gasteiger partial charge in [0.15, 0.2) is 0 Å². The number of nitrogens with one attached hydrogen (secondary N) is 2. The van der Waals surface area contributed by atoms with Gasteiger partial charge in [-0.3, -0.25) is 9.59 Å². The second kappa shape index (κ2) is 6.33. The fraction of sp³-hybridized carbons (Fsp3) is 0.750. The van der Waals surface area contributed by atoms with Gasteiger partial charge in [-0.2, -0.15) is 0 Å². The van der Waals surface area contributed by atoms with E-state index in [1.165, 1.54) is 13.8 Å². The second-order valence-corrected chi connectivity index (χ2v) is 2.99. The zero-order chi connectivity index (χ0) is 11.1. The molecule has 4 N–H and O–H groups in total. The smallest absolute Gasteiger partial charge is 0.222 e. The summed E-state index contributed by atoms with van der Waals surface area (Å²) in [6, 6.07) is 0. The number of amides is 2. The molecule has 0 aromatic rings.